The summed E-state index contributed by atoms with van der Waals surface area (Å²) in [6, 6.07) is 24.4. The summed E-state index contributed by atoms with van der Waals surface area (Å²) in [7, 11) is 0. The second-order valence-electron chi connectivity index (χ2n) is 14.8. The van der Waals surface area contributed by atoms with Crippen LogP contribution in [0.15, 0.2) is 91.0 Å². The highest BCUT2D eigenvalue weighted by Crippen LogP contribution is 2.48. The lowest BCUT2D eigenvalue weighted by atomic mass is 9.61. The number of hydrogen-bond donors (Lipinski definition) is 0. The molecule has 58 heavy (non-hydrogen) atoms. The zero-order chi connectivity index (χ0) is 40.7. The lowest BCUT2D eigenvalue weighted by Gasteiger charge is -2.45. The first-order valence-corrected chi connectivity index (χ1v) is 19.6. The average Bonchev–Trinajstić information content (AvgIpc) is 3.26. The fourth-order valence-corrected chi connectivity index (χ4v) is 8.48. The molecule has 3 aliphatic rings. The maximum Gasteiger partial charge on any atom is 0.550 e. The molecule has 0 aromatic heterocycles. The van der Waals surface area contributed by atoms with Crippen molar-refractivity contribution in [2.24, 2.45) is 23.7 Å². The van der Waals surface area contributed by atoms with Crippen molar-refractivity contribution in [1.29, 1.82) is 0 Å². The van der Waals surface area contributed by atoms with Crippen molar-refractivity contribution in [2.45, 2.75) is 95.4 Å². The van der Waals surface area contributed by atoms with Gasteiger partial charge >= 0.3 is 36.4 Å². The van der Waals surface area contributed by atoms with Crippen LogP contribution in [0, 0.1) is 23.7 Å². The molecule has 0 N–H and O–H groups in total. The summed E-state index contributed by atoms with van der Waals surface area (Å²) in [4.78, 5) is 102. The molecule has 0 unspecified atom stereocenters. The van der Waals surface area contributed by atoms with Gasteiger partial charge in [0.15, 0.2) is 0 Å². The molecule has 0 saturated heterocycles. The van der Waals surface area contributed by atoms with E-state index in [0.717, 1.165) is 38.5 Å². The molecule has 0 spiro atoms. The van der Waals surface area contributed by atoms with Crippen LogP contribution in [0.4, 0.5) is 14.4 Å². The van der Waals surface area contributed by atoms with Gasteiger partial charge in [0.25, 0.3) is 0 Å². The van der Waals surface area contributed by atoms with Gasteiger partial charge in [0, 0.05) is 0 Å². The summed E-state index contributed by atoms with van der Waals surface area (Å²) < 4.78 is 16.5. The lowest BCUT2D eigenvalue weighted by molar-refractivity contribution is -0.209. The van der Waals surface area contributed by atoms with E-state index in [2.05, 4.69) is 29.3 Å². The quantitative estimate of drug-likeness (QED) is 0.0862. The van der Waals surface area contributed by atoms with Gasteiger partial charge in [-0.3, -0.25) is 0 Å². The third-order valence-corrected chi connectivity index (χ3v) is 11.2. The van der Waals surface area contributed by atoms with Crippen molar-refractivity contribution in [1.82, 2.24) is 0 Å². The van der Waals surface area contributed by atoms with Gasteiger partial charge in [-0.05, 0) is 137 Å². The van der Waals surface area contributed by atoms with Gasteiger partial charge < -0.3 is 14.2 Å². The first-order valence-electron chi connectivity index (χ1n) is 19.6. The van der Waals surface area contributed by atoms with Gasteiger partial charge in [-0.25, -0.2) is 43.7 Å². The van der Waals surface area contributed by atoms with Crippen LogP contribution < -0.4 is 0 Å². The predicted octanol–water partition coefficient (Wildman–Crippen LogP) is 9.05. The minimum atomic E-state index is -1.08. The number of carbonyl (C=O) groups excluding carboxylic acids is 6. The molecule has 0 atom stereocenters. The summed E-state index contributed by atoms with van der Waals surface area (Å²) >= 11 is 0. The molecular weight excluding hydrogens is 756 g/mol. The number of hydrogen-bond acceptors (Lipinski definition) is 15. The number of ether oxygens (including phenoxy) is 3. The largest absolute Gasteiger partial charge is 0.550 e. The van der Waals surface area contributed by atoms with E-state index in [4.69, 9.17) is 14.2 Å². The Morgan fingerprint density at radius 1 is 0.345 bits per heavy atom. The third kappa shape index (κ3) is 12.2. The first kappa shape index (κ1) is 41.5. The van der Waals surface area contributed by atoms with Gasteiger partial charge in [0.1, 0.15) is 18.3 Å². The molecule has 3 aliphatic carbocycles. The summed E-state index contributed by atoms with van der Waals surface area (Å²) in [6.45, 7) is 0. The van der Waals surface area contributed by atoms with Gasteiger partial charge in [0.2, 0.25) is 0 Å². The number of carbonyl (C=O) groups is 6. The topological polar surface area (TPSA) is 185 Å². The van der Waals surface area contributed by atoms with Crippen LogP contribution in [0.1, 0.15) is 108 Å². The van der Waals surface area contributed by atoms with E-state index in [9.17, 15) is 28.8 Å². The molecule has 15 heteroatoms. The van der Waals surface area contributed by atoms with Gasteiger partial charge in [0.05, 0.1) is 16.7 Å². The van der Waals surface area contributed by atoms with Crippen LogP contribution in [0.5, 0.6) is 0 Å². The fourth-order valence-electron chi connectivity index (χ4n) is 8.48. The summed E-state index contributed by atoms with van der Waals surface area (Å²) in [5.74, 6) is -1.22. The Morgan fingerprint density at radius 2 is 0.586 bits per heavy atom. The molecule has 15 nitrogen and oxygen atoms in total. The maximum absolute atomic E-state index is 12.4. The molecule has 3 saturated carbocycles. The second-order valence-corrected chi connectivity index (χ2v) is 14.8. The minimum absolute atomic E-state index is 0.233. The Balaban J connectivity index is 0.991. The molecule has 0 bridgehead atoms. The van der Waals surface area contributed by atoms with Crippen LogP contribution in [0.2, 0.25) is 0 Å². The van der Waals surface area contributed by atoms with Gasteiger partial charge in [-0.2, -0.15) is 14.4 Å². The molecule has 0 heterocycles. The molecule has 3 aromatic rings. The van der Waals surface area contributed by atoms with E-state index in [1.807, 2.05) is 0 Å². The van der Waals surface area contributed by atoms with Crippen molar-refractivity contribution in [3.63, 3.8) is 0 Å². The lowest BCUT2D eigenvalue weighted by Crippen LogP contribution is -2.39. The maximum atomic E-state index is 12.4. The Kier molecular flexibility index (Phi) is 14.9. The minimum Gasteiger partial charge on any atom is -0.428 e. The predicted molar refractivity (Wildman–Crippen MR) is 199 cm³/mol. The number of rotatable bonds is 9. The van der Waals surface area contributed by atoms with Crippen LogP contribution in [-0.2, 0) is 43.5 Å². The van der Waals surface area contributed by atoms with Crippen molar-refractivity contribution in [3.05, 3.63) is 108 Å². The Morgan fingerprint density at radius 3 is 0.828 bits per heavy atom. The van der Waals surface area contributed by atoms with E-state index in [0.29, 0.717) is 62.2 Å². The average molecular weight is 803 g/mol. The molecule has 0 radical (unpaired) electrons. The van der Waals surface area contributed by atoms with Gasteiger partial charge in [-0.15, -0.1) is 0 Å². The summed E-state index contributed by atoms with van der Waals surface area (Å²) in [6.07, 6.45) is 3.86. The Labute approximate surface area is 334 Å². The Bertz CT molecular complexity index is 1600. The van der Waals surface area contributed by atoms with E-state index in [1.165, 1.54) is 36.4 Å². The molecule has 0 aliphatic heterocycles. The van der Waals surface area contributed by atoms with E-state index in [1.54, 1.807) is 54.6 Å². The third-order valence-electron chi connectivity index (χ3n) is 11.2. The van der Waals surface area contributed by atoms with E-state index in [-0.39, 0.29) is 16.7 Å². The highest BCUT2D eigenvalue weighted by Gasteiger charge is 2.42. The highest BCUT2D eigenvalue weighted by atomic mass is 17.2. The molecule has 0 amide bonds. The zero-order valence-corrected chi connectivity index (χ0v) is 31.8. The molecule has 3 fully saturated rings. The summed E-state index contributed by atoms with van der Waals surface area (Å²) in [5, 5.41) is 0. The van der Waals surface area contributed by atoms with Crippen molar-refractivity contribution in [3.8, 4) is 0 Å². The van der Waals surface area contributed by atoms with E-state index < -0.39 is 54.7 Å². The van der Waals surface area contributed by atoms with Crippen LogP contribution in [0.3, 0.4) is 0 Å². The van der Waals surface area contributed by atoms with Crippen LogP contribution in [-0.4, -0.2) is 54.7 Å². The SMILES string of the molecule is O=C(OOC(=O)c1ccccc1)OC1CCC(C(C2CCC(OC(=O)OOC(=O)c3ccccc3)CC2)C2CCC(OC(=O)OOC(=O)c3ccccc3)CC2)CC1. The smallest absolute Gasteiger partial charge is 0.428 e. The van der Waals surface area contributed by atoms with Crippen LogP contribution >= 0.6 is 0 Å². The van der Waals surface area contributed by atoms with Gasteiger partial charge in [-0.1, -0.05) is 54.6 Å². The summed E-state index contributed by atoms with van der Waals surface area (Å²) in [5.41, 5.74) is 0.699. The second kappa shape index (κ2) is 20.9. The van der Waals surface area contributed by atoms with Crippen molar-refractivity contribution < 1.29 is 72.3 Å². The monoisotopic (exact) mass is 802 g/mol. The normalized spacial score (nSPS) is 23.4. The van der Waals surface area contributed by atoms with Crippen molar-refractivity contribution in [2.75, 3.05) is 0 Å². The van der Waals surface area contributed by atoms with E-state index >= 15 is 0 Å². The Hall–Kier alpha value is -6.12. The van der Waals surface area contributed by atoms with Crippen molar-refractivity contribution >= 4 is 36.4 Å². The molecule has 6 rings (SSSR count). The zero-order valence-electron chi connectivity index (χ0n) is 31.8. The molecular formula is C43H46O15. The van der Waals surface area contributed by atoms with Crippen LogP contribution in [0.25, 0.3) is 0 Å². The first-order chi connectivity index (χ1) is 28.2. The standard InChI is InChI=1S/C43H46O15/c44-38(31-10-4-1-5-11-31)53-56-41(47)50-34-22-16-28(17-23-34)37(29-18-24-35(25-19-29)51-42(48)57-54-39(45)32-12-6-2-7-13-32)30-20-26-36(27-21-30)52-43(49)58-55-40(46)33-14-8-3-9-15-33/h1-15,28-30,34-37H,16-27H2. The molecule has 308 valence electrons. The highest BCUT2D eigenvalue weighted by molar-refractivity contribution is 5.90. The fraction of sp³-hybridized carbons (Fsp3) is 0.442. The molecule has 3 aromatic carbocycles. The number of benzene rings is 3.